The maximum atomic E-state index is 11.1. The molecule has 124 valence electrons. The van der Waals surface area contributed by atoms with E-state index in [0.29, 0.717) is 17.4 Å². The van der Waals surface area contributed by atoms with Gasteiger partial charge in [0.2, 0.25) is 0 Å². The molecular formula is C20H20ClNO2. The minimum absolute atomic E-state index is 0.229. The number of aromatic carboxylic acids is 1. The van der Waals surface area contributed by atoms with Crippen LogP contribution in [0.5, 0.6) is 0 Å². The molecule has 2 N–H and O–H groups in total. The molecule has 1 aliphatic carbocycles. The Labute approximate surface area is 146 Å². The van der Waals surface area contributed by atoms with Crippen LogP contribution in [-0.2, 0) is 0 Å². The van der Waals surface area contributed by atoms with Crippen molar-refractivity contribution in [1.82, 2.24) is 0 Å². The molecule has 4 rings (SSSR count). The zero-order valence-corrected chi connectivity index (χ0v) is 14.1. The number of anilines is 1. The summed E-state index contributed by atoms with van der Waals surface area (Å²) in [6, 6.07) is 13.6. The van der Waals surface area contributed by atoms with E-state index in [1.54, 1.807) is 12.1 Å². The van der Waals surface area contributed by atoms with Gasteiger partial charge in [-0.3, -0.25) is 0 Å². The van der Waals surface area contributed by atoms with E-state index in [0.717, 1.165) is 16.3 Å². The van der Waals surface area contributed by atoms with Crippen molar-refractivity contribution in [3.05, 3.63) is 64.2 Å². The first-order chi connectivity index (χ1) is 11.6. The number of hydrogen-bond donors (Lipinski definition) is 2. The molecule has 2 aromatic carbocycles. The van der Waals surface area contributed by atoms with Crippen LogP contribution in [0.2, 0.25) is 5.02 Å². The lowest BCUT2D eigenvalue weighted by Crippen LogP contribution is -2.33. The Morgan fingerprint density at radius 3 is 2.58 bits per heavy atom. The molecular weight excluding hydrogens is 322 g/mol. The first kappa shape index (κ1) is 15.5. The van der Waals surface area contributed by atoms with E-state index in [9.17, 15) is 4.79 Å². The highest BCUT2D eigenvalue weighted by Crippen LogP contribution is 2.51. The van der Waals surface area contributed by atoms with Crippen LogP contribution in [0.15, 0.2) is 42.5 Å². The molecule has 2 aromatic rings. The highest BCUT2D eigenvalue weighted by Gasteiger charge is 2.38. The predicted molar refractivity (Wildman–Crippen MR) is 95.9 cm³/mol. The molecule has 4 heteroatoms. The Hall–Kier alpha value is -2.00. The molecule has 24 heavy (non-hydrogen) atoms. The summed E-state index contributed by atoms with van der Waals surface area (Å²) >= 11 is 6.22. The Bertz CT molecular complexity index is 772. The van der Waals surface area contributed by atoms with E-state index in [1.807, 2.05) is 18.2 Å². The van der Waals surface area contributed by atoms with Crippen molar-refractivity contribution in [3.8, 4) is 0 Å². The van der Waals surface area contributed by atoms with Crippen molar-refractivity contribution in [3.63, 3.8) is 0 Å². The summed E-state index contributed by atoms with van der Waals surface area (Å²) in [4.78, 5) is 11.1. The summed E-state index contributed by atoms with van der Waals surface area (Å²) in [7, 11) is 0. The molecule has 2 aliphatic rings. The maximum Gasteiger partial charge on any atom is 0.335 e. The van der Waals surface area contributed by atoms with Crippen LogP contribution in [0.1, 0.15) is 59.1 Å². The van der Waals surface area contributed by atoms with Crippen molar-refractivity contribution in [1.29, 1.82) is 0 Å². The summed E-state index contributed by atoms with van der Waals surface area (Å²) in [5, 5.41) is 13.6. The standard InChI is InChI=1S/C20H20ClNO2/c21-14-9-10-18-17(11-14)15-3-1-2-4-16(15)19(22-18)12-5-7-13(8-6-12)20(23)24/h5-11,15-16,19,22H,1-4H2,(H,23,24)/t15-,16+,19-/m1/s1. The Morgan fingerprint density at radius 2 is 1.83 bits per heavy atom. The maximum absolute atomic E-state index is 11.1. The van der Waals surface area contributed by atoms with Crippen molar-refractivity contribution in [2.75, 3.05) is 5.32 Å². The third kappa shape index (κ3) is 2.67. The zero-order chi connectivity index (χ0) is 16.7. The Balaban J connectivity index is 1.73. The summed E-state index contributed by atoms with van der Waals surface area (Å²) in [6.45, 7) is 0. The van der Waals surface area contributed by atoms with Gasteiger partial charge >= 0.3 is 5.97 Å². The van der Waals surface area contributed by atoms with E-state index in [2.05, 4.69) is 17.4 Å². The van der Waals surface area contributed by atoms with Crippen LogP contribution >= 0.6 is 11.6 Å². The molecule has 0 spiro atoms. The predicted octanol–water partition coefficient (Wildman–Crippen LogP) is 5.48. The van der Waals surface area contributed by atoms with Gasteiger partial charge in [-0.25, -0.2) is 4.79 Å². The number of rotatable bonds is 2. The van der Waals surface area contributed by atoms with Crippen LogP contribution in [0.25, 0.3) is 0 Å². The summed E-state index contributed by atoms with van der Waals surface area (Å²) < 4.78 is 0. The molecule has 0 saturated heterocycles. The average Bonchev–Trinajstić information content (AvgIpc) is 2.61. The summed E-state index contributed by atoms with van der Waals surface area (Å²) in [5.41, 5.74) is 4.00. The quantitative estimate of drug-likeness (QED) is 0.760. The topological polar surface area (TPSA) is 49.3 Å². The summed E-state index contributed by atoms with van der Waals surface area (Å²) in [5.74, 6) is 0.173. The molecule has 0 bridgehead atoms. The smallest absolute Gasteiger partial charge is 0.335 e. The normalized spacial score (nSPS) is 25.3. The highest BCUT2D eigenvalue weighted by molar-refractivity contribution is 6.30. The van der Waals surface area contributed by atoms with E-state index < -0.39 is 5.97 Å². The van der Waals surface area contributed by atoms with Crippen LogP contribution in [0.4, 0.5) is 5.69 Å². The van der Waals surface area contributed by atoms with Crippen LogP contribution in [0.3, 0.4) is 0 Å². The second-order valence-electron chi connectivity index (χ2n) is 6.84. The largest absolute Gasteiger partial charge is 0.478 e. The molecule has 1 aliphatic heterocycles. The zero-order valence-electron chi connectivity index (χ0n) is 13.3. The van der Waals surface area contributed by atoms with Crippen LogP contribution in [0, 0.1) is 5.92 Å². The molecule has 3 nitrogen and oxygen atoms in total. The van der Waals surface area contributed by atoms with E-state index in [-0.39, 0.29) is 6.04 Å². The van der Waals surface area contributed by atoms with Gasteiger partial charge in [-0.2, -0.15) is 0 Å². The molecule has 3 atom stereocenters. The van der Waals surface area contributed by atoms with Crippen molar-refractivity contribution in [2.24, 2.45) is 5.92 Å². The molecule has 0 aromatic heterocycles. The molecule has 1 fully saturated rings. The number of halogens is 1. The van der Waals surface area contributed by atoms with Gasteiger partial charge in [0.05, 0.1) is 11.6 Å². The number of fused-ring (bicyclic) bond motifs is 3. The highest BCUT2D eigenvalue weighted by atomic mass is 35.5. The van der Waals surface area contributed by atoms with E-state index in [1.165, 1.54) is 31.2 Å². The fraction of sp³-hybridized carbons (Fsp3) is 0.350. The van der Waals surface area contributed by atoms with Crippen molar-refractivity contribution < 1.29 is 9.90 Å². The van der Waals surface area contributed by atoms with E-state index in [4.69, 9.17) is 16.7 Å². The number of carbonyl (C=O) groups is 1. The third-order valence-electron chi connectivity index (χ3n) is 5.49. The lowest BCUT2D eigenvalue weighted by atomic mass is 9.68. The monoisotopic (exact) mass is 341 g/mol. The lowest BCUT2D eigenvalue weighted by molar-refractivity contribution is 0.0697. The third-order valence-corrected chi connectivity index (χ3v) is 5.72. The lowest BCUT2D eigenvalue weighted by Gasteiger charge is -2.44. The molecule has 0 amide bonds. The van der Waals surface area contributed by atoms with E-state index >= 15 is 0 Å². The number of nitrogens with one attached hydrogen (secondary N) is 1. The number of carboxylic acids is 1. The second-order valence-corrected chi connectivity index (χ2v) is 7.27. The first-order valence-electron chi connectivity index (χ1n) is 8.53. The van der Waals surface area contributed by atoms with Gasteiger partial charge in [-0.1, -0.05) is 36.6 Å². The molecule has 1 saturated carbocycles. The fourth-order valence-corrected chi connectivity index (χ4v) is 4.54. The molecule has 1 heterocycles. The van der Waals surface area contributed by atoms with Gasteiger partial charge in [0.25, 0.3) is 0 Å². The number of hydrogen-bond acceptors (Lipinski definition) is 2. The summed E-state index contributed by atoms with van der Waals surface area (Å²) in [6.07, 6.45) is 4.90. The Kier molecular flexibility index (Phi) is 3.97. The van der Waals surface area contributed by atoms with Gasteiger partial charge in [-0.05, 0) is 66.1 Å². The molecule has 0 radical (unpaired) electrons. The van der Waals surface area contributed by atoms with Gasteiger partial charge in [-0.15, -0.1) is 0 Å². The van der Waals surface area contributed by atoms with Gasteiger partial charge < -0.3 is 10.4 Å². The molecule has 0 unspecified atom stereocenters. The first-order valence-corrected chi connectivity index (χ1v) is 8.90. The fourth-order valence-electron chi connectivity index (χ4n) is 4.35. The Morgan fingerprint density at radius 1 is 1.08 bits per heavy atom. The SMILES string of the molecule is O=C(O)c1ccc([C@H]2Nc3ccc(Cl)cc3[C@@H]3CCCC[C@H]23)cc1. The van der Waals surface area contributed by atoms with Gasteiger partial charge in [0.15, 0.2) is 0 Å². The van der Waals surface area contributed by atoms with Crippen LogP contribution < -0.4 is 5.32 Å². The van der Waals surface area contributed by atoms with Crippen molar-refractivity contribution >= 4 is 23.3 Å². The minimum atomic E-state index is -0.881. The average molecular weight is 342 g/mol. The number of benzene rings is 2. The van der Waals surface area contributed by atoms with Crippen LogP contribution in [-0.4, -0.2) is 11.1 Å². The number of carboxylic acid groups (broad SMARTS) is 1. The van der Waals surface area contributed by atoms with Crippen molar-refractivity contribution in [2.45, 2.75) is 37.6 Å². The second kappa shape index (κ2) is 6.14. The van der Waals surface area contributed by atoms with Gasteiger partial charge in [0.1, 0.15) is 0 Å². The van der Waals surface area contributed by atoms with Gasteiger partial charge in [0, 0.05) is 10.7 Å². The minimum Gasteiger partial charge on any atom is -0.478 e.